The first kappa shape index (κ1) is 18.5. The lowest BCUT2D eigenvalue weighted by atomic mass is 9.74. The van der Waals surface area contributed by atoms with Crippen molar-refractivity contribution in [2.75, 3.05) is 5.01 Å². The molecule has 7 heteroatoms. The van der Waals surface area contributed by atoms with Crippen molar-refractivity contribution in [3.63, 3.8) is 0 Å². The Balaban J connectivity index is 1.99. The molecular formula is C19H22N2O4S. The summed E-state index contributed by atoms with van der Waals surface area (Å²) in [6, 6.07) is 5.41. The lowest BCUT2D eigenvalue weighted by Crippen LogP contribution is -2.24. The number of hydrogen-bond acceptors (Lipinski definition) is 4. The van der Waals surface area contributed by atoms with Crippen LogP contribution in [0.25, 0.3) is 0 Å². The second kappa shape index (κ2) is 6.17. The van der Waals surface area contributed by atoms with Gasteiger partial charge in [-0.3, -0.25) is 9.35 Å². The van der Waals surface area contributed by atoms with Gasteiger partial charge in [0.15, 0.2) is 0 Å². The van der Waals surface area contributed by atoms with Crippen molar-refractivity contribution in [1.29, 1.82) is 0 Å². The highest BCUT2D eigenvalue weighted by Gasteiger charge is 2.34. The molecule has 0 atom stereocenters. The van der Waals surface area contributed by atoms with Crippen LogP contribution in [0.15, 0.2) is 57.1 Å². The van der Waals surface area contributed by atoms with Gasteiger partial charge >= 0.3 is 0 Å². The third-order valence-electron chi connectivity index (χ3n) is 4.57. The number of rotatable bonds is 2. The fourth-order valence-electron chi connectivity index (χ4n) is 3.70. The van der Waals surface area contributed by atoms with Gasteiger partial charge in [-0.05, 0) is 61.9 Å². The summed E-state index contributed by atoms with van der Waals surface area (Å²) in [6.45, 7) is 8.24. The van der Waals surface area contributed by atoms with Crippen LogP contribution in [0.1, 0.15) is 40.5 Å². The molecule has 1 aromatic carbocycles. The van der Waals surface area contributed by atoms with E-state index in [4.69, 9.17) is 4.55 Å². The Labute approximate surface area is 153 Å². The molecule has 0 saturated carbocycles. The molecule has 1 heterocycles. The lowest BCUT2D eigenvalue weighted by Gasteiger charge is -2.31. The first-order valence-electron chi connectivity index (χ1n) is 8.36. The van der Waals surface area contributed by atoms with Crippen LogP contribution >= 0.6 is 0 Å². The molecule has 0 spiro atoms. The summed E-state index contributed by atoms with van der Waals surface area (Å²) >= 11 is 0. The van der Waals surface area contributed by atoms with Crippen LogP contribution in [-0.4, -0.2) is 24.6 Å². The maximum absolute atomic E-state index is 13.0. The zero-order chi connectivity index (χ0) is 19.3. The van der Waals surface area contributed by atoms with Gasteiger partial charge in [0.2, 0.25) is 0 Å². The molecular weight excluding hydrogens is 352 g/mol. The van der Waals surface area contributed by atoms with E-state index in [9.17, 15) is 13.2 Å². The monoisotopic (exact) mass is 374 g/mol. The third kappa shape index (κ3) is 3.50. The van der Waals surface area contributed by atoms with E-state index in [1.54, 1.807) is 6.92 Å². The average Bonchev–Trinajstić information content (AvgIpc) is 2.79. The van der Waals surface area contributed by atoms with Gasteiger partial charge in [-0.15, -0.1) is 0 Å². The maximum atomic E-state index is 13.0. The SMILES string of the molecule is CC1=CC(=C2C(=O)N(c3ccc(S(=O)(=O)O)cc3)N=C2C)CC(C)(C)C1. The first-order valence-corrected chi connectivity index (χ1v) is 9.80. The van der Waals surface area contributed by atoms with E-state index < -0.39 is 10.1 Å². The topological polar surface area (TPSA) is 87.0 Å². The minimum absolute atomic E-state index is 0.0896. The second-order valence-corrected chi connectivity index (χ2v) is 9.10. The van der Waals surface area contributed by atoms with Gasteiger partial charge in [0.1, 0.15) is 0 Å². The van der Waals surface area contributed by atoms with Gasteiger partial charge in [0.25, 0.3) is 16.0 Å². The number of hydrazone groups is 1. The van der Waals surface area contributed by atoms with E-state index in [0.717, 1.165) is 18.4 Å². The van der Waals surface area contributed by atoms with Crippen molar-refractivity contribution in [2.45, 2.75) is 45.4 Å². The molecule has 0 aromatic heterocycles. The third-order valence-corrected chi connectivity index (χ3v) is 5.43. The summed E-state index contributed by atoms with van der Waals surface area (Å²) in [5.74, 6) is -0.223. The molecule has 6 nitrogen and oxygen atoms in total. The van der Waals surface area contributed by atoms with Gasteiger partial charge in [-0.2, -0.15) is 18.5 Å². The smallest absolute Gasteiger partial charge is 0.282 e. The Kier molecular flexibility index (Phi) is 4.40. The molecule has 0 radical (unpaired) electrons. The number of anilines is 1. The molecule has 3 rings (SSSR count). The number of nitrogens with zero attached hydrogens (tertiary/aromatic N) is 2. The summed E-state index contributed by atoms with van der Waals surface area (Å²) in [5.41, 5.74) is 4.02. The summed E-state index contributed by atoms with van der Waals surface area (Å²) in [7, 11) is -4.27. The van der Waals surface area contributed by atoms with Gasteiger partial charge in [0.05, 0.1) is 21.9 Å². The molecule has 26 heavy (non-hydrogen) atoms. The van der Waals surface area contributed by atoms with E-state index in [0.29, 0.717) is 17.0 Å². The Bertz CT molecular complexity index is 967. The molecule has 0 bridgehead atoms. The number of benzene rings is 1. The van der Waals surface area contributed by atoms with Gasteiger partial charge in [-0.1, -0.05) is 25.5 Å². The van der Waals surface area contributed by atoms with E-state index in [1.165, 1.54) is 34.8 Å². The summed E-state index contributed by atoms with van der Waals surface area (Å²) < 4.78 is 31.4. The lowest BCUT2D eigenvalue weighted by molar-refractivity contribution is -0.114. The highest BCUT2D eigenvalue weighted by Crippen LogP contribution is 2.40. The molecule has 2 aliphatic rings. The van der Waals surface area contributed by atoms with Gasteiger partial charge in [0, 0.05) is 0 Å². The Morgan fingerprint density at radius 2 is 1.73 bits per heavy atom. The van der Waals surface area contributed by atoms with Crippen molar-refractivity contribution in [2.24, 2.45) is 10.5 Å². The van der Waals surface area contributed by atoms with Crippen LogP contribution in [0, 0.1) is 5.41 Å². The maximum Gasteiger partial charge on any atom is 0.294 e. The molecule has 1 amide bonds. The highest BCUT2D eigenvalue weighted by molar-refractivity contribution is 7.85. The molecule has 1 N–H and O–H groups in total. The number of allylic oxidation sites excluding steroid dienone is 3. The standard InChI is InChI=1S/C19H22N2O4S/c1-12-9-14(11-19(3,4)10-12)17-13(2)20-21(18(17)22)15-5-7-16(8-6-15)26(23,24)25/h5-9H,10-11H2,1-4H3,(H,23,24,25). The summed E-state index contributed by atoms with van der Waals surface area (Å²) in [6.07, 6.45) is 3.87. The van der Waals surface area contributed by atoms with Crippen LogP contribution < -0.4 is 5.01 Å². The van der Waals surface area contributed by atoms with Crippen molar-refractivity contribution in [1.82, 2.24) is 0 Å². The average molecular weight is 374 g/mol. The number of carbonyl (C=O) groups excluding carboxylic acids is 1. The molecule has 0 fully saturated rings. The van der Waals surface area contributed by atoms with E-state index in [1.807, 2.05) is 0 Å². The summed E-state index contributed by atoms with van der Waals surface area (Å²) in [5, 5.41) is 5.64. The molecule has 0 saturated heterocycles. The number of amides is 1. The molecule has 0 unspecified atom stereocenters. The predicted octanol–water partition coefficient (Wildman–Crippen LogP) is 3.72. The normalized spacial score (nSPS) is 23.1. The minimum atomic E-state index is -4.27. The Morgan fingerprint density at radius 1 is 1.12 bits per heavy atom. The van der Waals surface area contributed by atoms with E-state index in [-0.39, 0.29) is 16.2 Å². The van der Waals surface area contributed by atoms with Crippen molar-refractivity contribution in [3.05, 3.63) is 47.1 Å². The Morgan fingerprint density at radius 3 is 2.27 bits per heavy atom. The van der Waals surface area contributed by atoms with Crippen LogP contribution in [-0.2, 0) is 14.9 Å². The fourth-order valence-corrected chi connectivity index (χ4v) is 4.18. The second-order valence-electron chi connectivity index (χ2n) is 7.68. The van der Waals surface area contributed by atoms with E-state index >= 15 is 0 Å². The van der Waals surface area contributed by atoms with E-state index in [2.05, 4.69) is 31.9 Å². The molecule has 1 aliphatic heterocycles. The quantitative estimate of drug-likeness (QED) is 0.631. The van der Waals surface area contributed by atoms with Gasteiger partial charge in [-0.25, -0.2) is 0 Å². The molecule has 1 aliphatic carbocycles. The van der Waals surface area contributed by atoms with Crippen molar-refractivity contribution < 1.29 is 17.8 Å². The van der Waals surface area contributed by atoms with Gasteiger partial charge < -0.3 is 0 Å². The largest absolute Gasteiger partial charge is 0.294 e. The van der Waals surface area contributed by atoms with Crippen LogP contribution in [0.5, 0.6) is 0 Å². The molecule has 138 valence electrons. The molecule has 1 aromatic rings. The highest BCUT2D eigenvalue weighted by atomic mass is 32.2. The van der Waals surface area contributed by atoms with Crippen LogP contribution in [0.4, 0.5) is 5.69 Å². The number of carbonyl (C=O) groups is 1. The number of hydrogen-bond donors (Lipinski definition) is 1. The minimum Gasteiger partial charge on any atom is -0.282 e. The zero-order valence-electron chi connectivity index (χ0n) is 15.3. The fraction of sp³-hybridized carbons (Fsp3) is 0.368. The van der Waals surface area contributed by atoms with Crippen LogP contribution in [0.2, 0.25) is 0 Å². The predicted molar refractivity (Wildman–Crippen MR) is 101 cm³/mol. The van der Waals surface area contributed by atoms with Crippen molar-refractivity contribution >= 4 is 27.4 Å². The van der Waals surface area contributed by atoms with Crippen LogP contribution in [0.3, 0.4) is 0 Å². The zero-order valence-corrected chi connectivity index (χ0v) is 16.1. The summed E-state index contributed by atoms with van der Waals surface area (Å²) in [4.78, 5) is 12.7. The first-order chi connectivity index (χ1) is 12.0. The Hall–Kier alpha value is -2.25. The van der Waals surface area contributed by atoms with Crippen molar-refractivity contribution in [3.8, 4) is 0 Å².